The van der Waals surface area contributed by atoms with Crippen molar-refractivity contribution < 1.29 is 9.53 Å². The predicted molar refractivity (Wildman–Crippen MR) is 62.5 cm³/mol. The second kappa shape index (κ2) is 5.01. The fourth-order valence-electron chi connectivity index (χ4n) is 2.04. The molecule has 0 saturated carbocycles. The summed E-state index contributed by atoms with van der Waals surface area (Å²) in [4.78, 5) is 11.1. The first-order valence-electron chi connectivity index (χ1n) is 5.79. The van der Waals surface area contributed by atoms with Gasteiger partial charge in [-0.1, -0.05) is 12.1 Å². The highest BCUT2D eigenvalue weighted by atomic mass is 16.5. The lowest BCUT2D eigenvalue weighted by Crippen LogP contribution is -2.27. The molecule has 0 aromatic heterocycles. The molecule has 1 fully saturated rings. The number of benzene rings is 1. The summed E-state index contributed by atoms with van der Waals surface area (Å²) in [6.07, 6.45) is 2.50. The lowest BCUT2D eigenvalue weighted by molar-refractivity contribution is -0.119. The molecule has 1 heterocycles. The molecule has 3 heteroatoms. The number of ether oxygens (including phenoxy) is 1. The van der Waals surface area contributed by atoms with Gasteiger partial charge in [-0.3, -0.25) is 4.79 Å². The summed E-state index contributed by atoms with van der Waals surface area (Å²) >= 11 is 0. The third-order valence-electron chi connectivity index (χ3n) is 2.78. The summed E-state index contributed by atoms with van der Waals surface area (Å²) in [7, 11) is 0. The lowest BCUT2D eigenvalue weighted by Gasteiger charge is -2.11. The fourth-order valence-corrected chi connectivity index (χ4v) is 2.04. The molecule has 1 aromatic carbocycles. The highest BCUT2D eigenvalue weighted by Gasteiger charge is 2.20. The second-order valence-electron chi connectivity index (χ2n) is 4.09. The molecule has 1 atom stereocenters. The number of carbonyl (C=O) groups excluding carboxylic acids is 1. The molecule has 0 radical (unpaired) electrons. The Morgan fingerprint density at radius 3 is 3.06 bits per heavy atom. The van der Waals surface area contributed by atoms with Gasteiger partial charge in [0.25, 0.3) is 0 Å². The van der Waals surface area contributed by atoms with Gasteiger partial charge in [-0.25, -0.2) is 0 Å². The minimum atomic E-state index is 0.172. The predicted octanol–water partition coefficient (Wildman–Crippen LogP) is 1.91. The van der Waals surface area contributed by atoms with Crippen LogP contribution in [0.3, 0.4) is 0 Å². The highest BCUT2D eigenvalue weighted by molar-refractivity contribution is 5.78. The normalized spacial score (nSPS) is 19.6. The van der Waals surface area contributed by atoms with E-state index in [0.29, 0.717) is 19.1 Å². The van der Waals surface area contributed by atoms with Gasteiger partial charge in [-0.15, -0.1) is 0 Å². The second-order valence-corrected chi connectivity index (χ2v) is 4.09. The van der Waals surface area contributed by atoms with Gasteiger partial charge < -0.3 is 10.1 Å². The van der Waals surface area contributed by atoms with Crippen LogP contribution in [-0.4, -0.2) is 18.6 Å². The van der Waals surface area contributed by atoms with Crippen LogP contribution in [0, 0.1) is 0 Å². The van der Waals surface area contributed by atoms with Gasteiger partial charge in [0.2, 0.25) is 5.91 Å². The number of rotatable bonds is 4. The minimum Gasteiger partial charge on any atom is -0.494 e. The molecular weight excluding hydrogens is 202 g/mol. The number of nitrogens with one attached hydrogen (secondary N) is 1. The van der Waals surface area contributed by atoms with E-state index in [4.69, 9.17) is 4.74 Å². The molecule has 1 N–H and O–H groups in total. The molecule has 1 aliphatic heterocycles. The van der Waals surface area contributed by atoms with E-state index in [9.17, 15) is 4.79 Å². The van der Waals surface area contributed by atoms with Crippen molar-refractivity contribution >= 4 is 5.91 Å². The number of carbonyl (C=O) groups is 1. The molecule has 0 bridgehead atoms. The number of amides is 1. The van der Waals surface area contributed by atoms with E-state index < -0.39 is 0 Å². The van der Waals surface area contributed by atoms with Crippen LogP contribution < -0.4 is 10.1 Å². The molecular formula is C13H17NO2. The topological polar surface area (TPSA) is 38.3 Å². The van der Waals surface area contributed by atoms with E-state index in [1.165, 1.54) is 5.56 Å². The van der Waals surface area contributed by atoms with Crippen molar-refractivity contribution in [2.24, 2.45) is 0 Å². The number of hydrogen-bond donors (Lipinski definition) is 1. The molecule has 1 aliphatic rings. The van der Waals surface area contributed by atoms with E-state index in [2.05, 4.69) is 11.4 Å². The SMILES string of the molecule is CCOc1cccc(CC2CCC(=O)N2)c1. The summed E-state index contributed by atoms with van der Waals surface area (Å²) < 4.78 is 5.44. The van der Waals surface area contributed by atoms with Crippen LogP contribution in [0.1, 0.15) is 25.3 Å². The monoisotopic (exact) mass is 219 g/mol. The zero-order valence-corrected chi connectivity index (χ0v) is 9.53. The molecule has 1 amide bonds. The average molecular weight is 219 g/mol. The smallest absolute Gasteiger partial charge is 0.220 e. The molecule has 16 heavy (non-hydrogen) atoms. The van der Waals surface area contributed by atoms with Gasteiger partial charge in [-0.05, 0) is 37.5 Å². The van der Waals surface area contributed by atoms with Crippen molar-refractivity contribution in [3.63, 3.8) is 0 Å². The molecule has 2 rings (SSSR count). The first kappa shape index (κ1) is 11.0. The first-order valence-corrected chi connectivity index (χ1v) is 5.79. The Morgan fingerprint density at radius 1 is 1.50 bits per heavy atom. The van der Waals surface area contributed by atoms with Gasteiger partial charge in [0.05, 0.1) is 6.61 Å². The zero-order valence-electron chi connectivity index (χ0n) is 9.53. The van der Waals surface area contributed by atoms with Crippen molar-refractivity contribution in [1.29, 1.82) is 0 Å². The highest BCUT2D eigenvalue weighted by Crippen LogP contribution is 2.17. The Labute approximate surface area is 95.8 Å². The summed E-state index contributed by atoms with van der Waals surface area (Å²) in [6.45, 7) is 2.66. The van der Waals surface area contributed by atoms with Gasteiger partial charge in [-0.2, -0.15) is 0 Å². The zero-order chi connectivity index (χ0) is 11.4. The van der Waals surface area contributed by atoms with Crippen molar-refractivity contribution in [2.75, 3.05) is 6.61 Å². The van der Waals surface area contributed by atoms with Crippen molar-refractivity contribution in [1.82, 2.24) is 5.32 Å². The van der Waals surface area contributed by atoms with E-state index in [-0.39, 0.29) is 5.91 Å². The summed E-state index contributed by atoms with van der Waals surface area (Å²) in [5, 5.41) is 2.97. The summed E-state index contributed by atoms with van der Waals surface area (Å²) in [5.74, 6) is 1.08. The maximum atomic E-state index is 11.1. The first-order chi connectivity index (χ1) is 7.78. The molecule has 0 spiro atoms. The van der Waals surface area contributed by atoms with Gasteiger partial charge in [0, 0.05) is 12.5 Å². The van der Waals surface area contributed by atoms with Crippen molar-refractivity contribution in [3.8, 4) is 5.75 Å². The Kier molecular flexibility index (Phi) is 3.44. The van der Waals surface area contributed by atoms with Crippen molar-refractivity contribution in [3.05, 3.63) is 29.8 Å². The van der Waals surface area contributed by atoms with Crippen LogP contribution in [0.5, 0.6) is 5.75 Å². The lowest BCUT2D eigenvalue weighted by atomic mass is 10.0. The van der Waals surface area contributed by atoms with E-state index in [0.717, 1.165) is 18.6 Å². The quantitative estimate of drug-likeness (QED) is 0.840. The van der Waals surface area contributed by atoms with Gasteiger partial charge in [0.1, 0.15) is 5.75 Å². The largest absolute Gasteiger partial charge is 0.494 e. The Balaban J connectivity index is 1.98. The van der Waals surface area contributed by atoms with E-state index in [1.807, 2.05) is 25.1 Å². The van der Waals surface area contributed by atoms with Crippen LogP contribution in [0.4, 0.5) is 0 Å². The molecule has 1 unspecified atom stereocenters. The minimum absolute atomic E-state index is 0.172. The van der Waals surface area contributed by atoms with Crippen LogP contribution in [-0.2, 0) is 11.2 Å². The maximum absolute atomic E-state index is 11.1. The average Bonchev–Trinajstić information content (AvgIpc) is 2.65. The van der Waals surface area contributed by atoms with Crippen LogP contribution in [0.25, 0.3) is 0 Å². The van der Waals surface area contributed by atoms with Gasteiger partial charge >= 0.3 is 0 Å². The van der Waals surface area contributed by atoms with E-state index in [1.54, 1.807) is 0 Å². The molecule has 0 aliphatic carbocycles. The molecule has 3 nitrogen and oxygen atoms in total. The molecule has 86 valence electrons. The van der Waals surface area contributed by atoms with Crippen LogP contribution in [0.2, 0.25) is 0 Å². The summed E-state index contributed by atoms with van der Waals surface area (Å²) in [6, 6.07) is 8.38. The van der Waals surface area contributed by atoms with Crippen LogP contribution >= 0.6 is 0 Å². The van der Waals surface area contributed by atoms with Gasteiger partial charge in [0.15, 0.2) is 0 Å². The summed E-state index contributed by atoms with van der Waals surface area (Å²) in [5.41, 5.74) is 1.22. The number of hydrogen-bond acceptors (Lipinski definition) is 2. The van der Waals surface area contributed by atoms with E-state index >= 15 is 0 Å². The fraction of sp³-hybridized carbons (Fsp3) is 0.462. The third kappa shape index (κ3) is 2.75. The molecule has 1 aromatic rings. The Hall–Kier alpha value is -1.51. The van der Waals surface area contributed by atoms with Crippen LogP contribution in [0.15, 0.2) is 24.3 Å². The standard InChI is InChI=1S/C13H17NO2/c1-2-16-12-5-3-4-10(9-12)8-11-6-7-13(15)14-11/h3-5,9,11H,2,6-8H2,1H3,(H,14,15). The van der Waals surface area contributed by atoms with Crippen molar-refractivity contribution in [2.45, 2.75) is 32.2 Å². The Bertz CT molecular complexity index is 376. The Morgan fingerprint density at radius 2 is 2.38 bits per heavy atom. The maximum Gasteiger partial charge on any atom is 0.220 e. The molecule has 1 saturated heterocycles. The third-order valence-corrected chi connectivity index (χ3v) is 2.78.